The molecule has 0 bridgehead atoms. The van der Waals surface area contributed by atoms with Crippen LogP contribution < -0.4 is 5.11 Å². The van der Waals surface area contributed by atoms with E-state index in [1.165, 1.54) is 5.56 Å². The highest BCUT2D eigenvalue weighted by Crippen LogP contribution is 2.45. The van der Waals surface area contributed by atoms with Crippen molar-refractivity contribution < 1.29 is 9.90 Å². The molecule has 0 heterocycles. The SMILES string of the molecule is CCC(C)c1ccc(C(=C2C=C(C(C)(C)C)C(=O)C(C(C)(C)C)=C2)c2cc(C(C)(C)C)c([O-])c(C(C)(C)C)c2)cc1. The van der Waals surface area contributed by atoms with Crippen molar-refractivity contribution in [2.45, 2.75) is 120 Å². The molecule has 0 N–H and O–H groups in total. The van der Waals surface area contributed by atoms with Crippen molar-refractivity contribution in [1.82, 2.24) is 0 Å². The first-order chi connectivity index (χ1) is 18.6. The molecule has 0 radical (unpaired) electrons. The predicted molar refractivity (Wildman–Crippen MR) is 175 cm³/mol. The number of ketones is 1. The number of carbonyl (C=O) groups excluding carboxylic acids is 1. The third-order valence-electron chi connectivity index (χ3n) is 8.37. The summed E-state index contributed by atoms with van der Waals surface area (Å²) >= 11 is 0. The fourth-order valence-electron chi connectivity index (χ4n) is 5.49. The van der Waals surface area contributed by atoms with Gasteiger partial charge in [-0.2, -0.15) is 0 Å². The van der Waals surface area contributed by atoms with Crippen LogP contribution in [0.2, 0.25) is 0 Å². The van der Waals surface area contributed by atoms with Crippen LogP contribution in [0.15, 0.2) is 65.3 Å². The quantitative estimate of drug-likeness (QED) is 0.378. The van der Waals surface area contributed by atoms with Crippen molar-refractivity contribution >= 4 is 11.4 Å². The summed E-state index contributed by atoms with van der Waals surface area (Å²) in [6.07, 6.45) is 5.29. The molecule has 0 amide bonds. The number of Topliss-reactive ketones (excluding diaryl/α,β-unsaturated/α-hetero) is 1. The molecule has 2 heteroatoms. The molecule has 2 nitrogen and oxygen atoms in total. The Hall–Kier alpha value is -2.87. The molecule has 0 aliphatic heterocycles. The van der Waals surface area contributed by atoms with Crippen LogP contribution in [0.3, 0.4) is 0 Å². The van der Waals surface area contributed by atoms with Crippen LogP contribution in [0, 0.1) is 10.8 Å². The normalized spacial score (nSPS) is 16.0. The number of benzene rings is 2. The van der Waals surface area contributed by atoms with Crippen LogP contribution in [0.4, 0.5) is 0 Å². The molecule has 222 valence electrons. The first kappa shape index (κ1) is 32.6. The lowest BCUT2D eigenvalue weighted by Crippen LogP contribution is -2.28. The minimum absolute atomic E-state index is 0.126. The number of hydrogen-bond donors (Lipinski definition) is 0. The maximum Gasteiger partial charge on any atom is 0.186 e. The second-order valence-electron chi connectivity index (χ2n) is 16.1. The number of rotatable bonds is 4. The van der Waals surface area contributed by atoms with Crippen molar-refractivity contribution in [2.75, 3.05) is 0 Å². The van der Waals surface area contributed by atoms with Gasteiger partial charge in [0.05, 0.1) is 0 Å². The molecule has 0 aromatic heterocycles. The minimum atomic E-state index is -0.315. The smallest absolute Gasteiger partial charge is 0.186 e. The fourth-order valence-corrected chi connectivity index (χ4v) is 5.49. The Morgan fingerprint density at radius 3 is 1.44 bits per heavy atom. The number of allylic oxidation sites excluding steroid dienone is 5. The summed E-state index contributed by atoms with van der Waals surface area (Å²) in [5.74, 6) is 0.730. The Bertz CT molecular complexity index is 1330. The molecule has 1 atom stereocenters. The molecular formula is C39H53O2-. The average Bonchev–Trinajstić information content (AvgIpc) is 2.82. The highest BCUT2D eigenvalue weighted by Gasteiger charge is 2.35. The Morgan fingerprint density at radius 1 is 0.683 bits per heavy atom. The standard InChI is InChI=1S/C39H54O2/c1-15-24(2)25-16-18-26(19-17-25)33(27-20-29(36(3,4)5)34(40)30(21-27)37(6,7)8)28-22-31(38(9,10)11)35(41)32(23-28)39(12,13)14/h16-24,40H,15H2,1-14H3/p-1. The van der Waals surface area contributed by atoms with Crippen LogP contribution in [-0.4, -0.2) is 5.78 Å². The first-order valence-electron chi connectivity index (χ1n) is 15.3. The van der Waals surface area contributed by atoms with Gasteiger partial charge in [0.15, 0.2) is 5.78 Å². The Morgan fingerprint density at radius 2 is 1.10 bits per heavy atom. The van der Waals surface area contributed by atoms with Gasteiger partial charge in [-0.25, -0.2) is 0 Å². The third kappa shape index (κ3) is 6.96. The fraction of sp³-hybridized carbons (Fsp3) is 0.513. The summed E-state index contributed by atoms with van der Waals surface area (Å²) in [6.45, 7) is 29.8. The van der Waals surface area contributed by atoms with E-state index in [1.807, 2.05) is 0 Å². The summed E-state index contributed by atoms with van der Waals surface area (Å²) in [7, 11) is 0. The van der Waals surface area contributed by atoms with Crippen LogP contribution in [0.1, 0.15) is 137 Å². The molecule has 41 heavy (non-hydrogen) atoms. The molecular weight excluding hydrogens is 500 g/mol. The van der Waals surface area contributed by atoms with E-state index in [0.717, 1.165) is 51.0 Å². The van der Waals surface area contributed by atoms with Crippen LogP contribution in [0.5, 0.6) is 5.75 Å². The first-order valence-corrected chi connectivity index (χ1v) is 15.3. The zero-order chi connectivity index (χ0) is 31.3. The Labute approximate surface area is 250 Å². The van der Waals surface area contributed by atoms with Crippen molar-refractivity contribution in [2.24, 2.45) is 10.8 Å². The van der Waals surface area contributed by atoms with Crippen LogP contribution in [-0.2, 0) is 15.6 Å². The molecule has 0 saturated carbocycles. The second-order valence-corrected chi connectivity index (χ2v) is 16.1. The zero-order valence-electron chi connectivity index (χ0n) is 28.2. The molecule has 1 unspecified atom stereocenters. The minimum Gasteiger partial charge on any atom is -0.872 e. The van der Waals surface area contributed by atoms with Gasteiger partial charge in [0.25, 0.3) is 0 Å². The van der Waals surface area contributed by atoms with Gasteiger partial charge in [0.2, 0.25) is 0 Å². The van der Waals surface area contributed by atoms with E-state index in [0.29, 0.717) is 5.92 Å². The van der Waals surface area contributed by atoms with E-state index in [9.17, 15) is 9.90 Å². The second kappa shape index (κ2) is 11.1. The lowest BCUT2D eigenvalue weighted by Gasteiger charge is -2.35. The van der Waals surface area contributed by atoms with E-state index >= 15 is 0 Å². The highest BCUT2D eigenvalue weighted by molar-refractivity contribution is 6.12. The van der Waals surface area contributed by atoms with Crippen molar-refractivity contribution in [1.29, 1.82) is 0 Å². The maximum atomic E-state index is 13.8. The van der Waals surface area contributed by atoms with Gasteiger partial charge >= 0.3 is 0 Å². The lowest BCUT2D eigenvalue weighted by atomic mass is 9.70. The van der Waals surface area contributed by atoms with Crippen molar-refractivity contribution in [3.05, 3.63) is 93.1 Å². The maximum absolute atomic E-state index is 13.8. The Balaban J connectivity index is 2.56. The molecule has 0 spiro atoms. The van der Waals surface area contributed by atoms with Gasteiger partial charge < -0.3 is 5.11 Å². The van der Waals surface area contributed by atoms with Gasteiger partial charge in [-0.3, -0.25) is 4.79 Å². The van der Waals surface area contributed by atoms with E-state index in [2.05, 4.69) is 145 Å². The van der Waals surface area contributed by atoms with Gasteiger partial charge in [-0.15, -0.1) is 5.75 Å². The summed E-state index contributed by atoms with van der Waals surface area (Å²) in [6, 6.07) is 13.1. The van der Waals surface area contributed by atoms with Crippen LogP contribution >= 0.6 is 0 Å². The van der Waals surface area contributed by atoms with Gasteiger partial charge in [-0.1, -0.05) is 133 Å². The lowest BCUT2D eigenvalue weighted by molar-refractivity contribution is -0.271. The highest BCUT2D eigenvalue weighted by atomic mass is 16.3. The van der Waals surface area contributed by atoms with E-state index in [1.54, 1.807) is 0 Å². The van der Waals surface area contributed by atoms with Crippen LogP contribution in [0.25, 0.3) is 5.57 Å². The predicted octanol–water partition coefficient (Wildman–Crippen LogP) is 10.2. The summed E-state index contributed by atoms with van der Waals surface area (Å²) < 4.78 is 0. The van der Waals surface area contributed by atoms with Gasteiger partial charge in [0, 0.05) is 11.1 Å². The van der Waals surface area contributed by atoms with Gasteiger partial charge in [-0.05, 0) is 85.1 Å². The monoisotopic (exact) mass is 553 g/mol. The van der Waals surface area contributed by atoms with Crippen molar-refractivity contribution in [3.63, 3.8) is 0 Å². The third-order valence-corrected chi connectivity index (χ3v) is 8.37. The summed E-state index contributed by atoms with van der Waals surface area (Å²) in [5.41, 5.74) is 7.54. The molecule has 2 aromatic carbocycles. The Kier molecular flexibility index (Phi) is 8.82. The van der Waals surface area contributed by atoms with E-state index in [-0.39, 0.29) is 33.2 Å². The molecule has 0 saturated heterocycles. The van der Waals surface area contributed by atoms with E-state index < -0.39 is 0 Å². The molecule has 1 aliphatic rings. The molecule has 1 aliphatic carbocycles. The van der Waals surface area contributed by atoms with Crippen molar-refractivity contribution in [3.8, 4) is 5.75 Å². The van der Waals surface area contributed by atoms with E-state index in [4.69, 9.17) is 0 Å². The number of carbonyl (C=O) groups is 1. The molecule has 0 fully saturated rings. The molecule has 3 rings (SSSR count). The average molecular weight is 554 g/mol. The summed E-state index contributed by atoms with van der Waals surface area (Å²) in [4.78, 5) is 13.8. The summed E-state index contributed by atoms with van der Waals surface area (Å²) in [5, 5.41) is 13.8. The van der Waals surface area contributed by atoms with Gasteiger partial charge in [0.1, 0.15) is 0 Å². The number of hydrogen-bond acceptors (Lipinski definition) is 2. The zero-order valence-corrected chi connectivity index (χ0v) is 28.2. The molecule has 2 aromatic rings. The largest absolute Gasteiger partial charge is 0.872 e. The topological polar surface area (TPSA) is 40.1 Å².